The van der Waals surface area contributed by atoms with E-state index in [0.717, 1.165) is 0 Å². The van der Waals surface area contributed by atoms with Crippen LogP contribution in [-0.4, -0.2) is 42.6 Å². The predicted octanol–water partition coefficient (Wildman–Crippen LogP) is 1.16. The fourth-order valence-electron chi connectivity index (χ4n) is 2.04. The minimum Gasteiger partial charge on any atom is -0.481 e. The molecule has 1 rings (SSSR count). The van der Waals surface area contributed by atoms with Gasteiger partial charge in [0.25, 0.3) is 0 Å². The first-order valence-electron chi connectivity index (χ1n) is 5.82. The fraction of sp³-hybridized carbons (Fsp3) is 0.909. The van der Waals surface area contributed by atoms with Crippen LogP contribution >= 0.6 is 0 Å². The number of carbonyl (C=O) groups is 1. The van der Waals surface area contributed by atoms with E-state index in [0.29, 0.717) is 19.4 Å². The van der Waals surface area contributed by atoms with Gasteiger partial charge in [-0.1, -0.05) is 20.8 Å². The molecule has 1 heterocycles. The van der Waals surface area contributed by atoms with E-state index >= 15 is 0 Å². The molecule has 1 aliphatic heterocycles. The Kier molecular flexibility index (Phi) is 4.19. The van der Waals surface area contributed by atoms with Crippen molar-refractivity contribution in [3.8, 4) is 0 Å². The smallest absolute Gasteiger partial charge is 0.307 e. The van der Waals surface area contributed by atoms with Crippen LogP contribution in [0.4, 0.5) is 0 Å². The van der Waals surface area contributed by atoms with Crippen molar-refractivity contribution < 1.29 is 18.3 Å². The molecule has 0 aromatic carbocycles. The van der Waals surface area contributed by atoms with Gasteiger partial charge in [0, 0.05) is 13.1 Å². The summed E-state index contributed by atoms with van der Waals surface area (Å²) in [5.41, 5.74) is -0.311. The van der Waals surface area contributed by atoms with Crippen molar-refractivity contribution in [2.45, 2.75) is 33.6 Å². The van der Waals surface area contributed by atoms with Gasteiger partial charge in [-0.15, -0.1) is 0 Å². The Bertz CT molecular complexity index is 383. The summed E-state index contributed by atoms with van der Waals surface area (Å²) in [7, 11) is -3.34. The van der Waals surface area contributed by atoms with Crippen molar-refractivity contribution in [1.82, 2.24) is 4.31 Å². The Morgan fingerprint density at radius 1 is 1.41 bits per heavy atom. The van der Waals surface area contributed by atoms with E-state index in [2.05, 4.69) is 0 Å². The van der Waals surface area contributed by atoms with E-state index in [1.54, 1.807) is 0 Å². The predicted molar refractivity (Wildman–Crippen MR) is 65.2 cm³/mol. The molecule has 0 unspecified atom stereocenters. The minimum absolute atomic E-state index is 0.0618. The first kappa shape index (κ1) is 14.4. The molecule has 5 nitrogen and oxygen atoms in total. The zero-order valence-corrected chi connectivity index (χ0v) is 11.5. The van der Waals surface area contributed by atoms with Crippen molar-refractivity contribution in [2.75, 3.05) is 18.8 Å². The third-order valence-electron chi connectivity index (χ3n) is 2.74. The number of aliphatic carboxylic acids is 1. The highest BCUT2D eigenvalue weighted by Crippen LogP contribution is 2.24. The lowest BCUT2D eigenvalue weighted by Crippen LogP contribution is -2.44. The number of sulfonamides is 1. The molecule has 17 heavy (non-hydrogen) atoms. The summed E-state index contributed by atoms with van der Waals surface area (Å²) in [6.07, 6.45) is 1.19. The van der Waals surface area contributed by atoms with Crippen LogP contribution in [0.2, 0.25) is 0 Å². The van der Waals surface area contributed by atoms with E-state index < -0.39 is 21.9 Å². The molecule has 1 saturated heterocycles. The molecular weight excluding hydrogens is 242 g/mol. The lowest BCUT2D eigenvalue weighted by molar-refractivity contribution is -0.142. The summed E-state index contributed by atoms with van der Waals surface area (Å²) in [5, 5.41) is 8.93. The Balaban J connectivity index is 2.75. The van der Waals surface area contributed by atoms with Gasteiger partial charge in [0.2, 0.25) is 10.0 Å². The second-order valence-electron chi connectivity index (χ2n) is 5.85. The second-order valence-corrected chi connectivity index (χ2v) is 7.82. The van der Waals surface area contributed by atoms with E-state index in [1.807, 2.05) is 20.8 Å². The van der Waals surface area contributed by atoms with Gasteiger partial charge in [0.1, 0.15) is 0 Å². The van der Waals surface area contributed by atoms with Gasteiger partial charge < -0.3 is 5.11 Å². The standard InChI is InChI=1S/C11H21NO4S/c1-11(2,3)8-17(15,16)12-6-4-5-9(7-12)10(13)14/h9H,4-8H2,1-3H3,(H,13,14)/t9-/m0/s1. The Hall–Kier alpha value is -0.620. The quantitative estimate of drug-likeness (QED) is 0.829. The molecule has 1 atom stereocenters. The minimum atomic E-state index is -3.34. The highest BCUT2D eigenvalue weighted by atomic mass is 32.2. The Labute approximate surface area is 103 Å². The van der Waals surface area contributed by atoms with Crippen LogP contribution in [0.3, 0.4) is 0 Å². The number of carboxylic acids is 1. The maximum absolute atomic E-state index is 12.1. The first-order chi connectivity index (χ1) is 7.62. The average Bonchev–Trinajstić information content (AvgIpc) is 2.14. The maximum atomic E-state index is 12.1. The number of carboxylic acid groups (broad SMARTS) is 1. The molecule has 0 bridgehead atoms. The molecule has 0 aliphatic carbocycles. The Morgan fingerprint density at radius 3 is 2.47 bits per heavy atom. The van der Waals surface area contributed by atoms with Crippen LogP contribution in [0, 0.1) is 11.3 Å². The monoisotopic (exact) mass is 263 g/mol. The zero-order chi connectivity index (χ0) is 13.3. The second kappa shape index (κ2) is 4.94. The van der Waals surface area contributed by atoms with Crippen LogP contribution in [0.5, 0.6) is 0 Å². The van der Waals surface area contributed by atoms with Crippen molar-refractivity contribution in [2.24, 2.45) is 11.3 Å². The van der Waals surface area contributed by atoms with Crippen LogP contribution in [0.15, 0.2) is 0 Å². The Morgan fingerprint density at radius 2 is 2.00 bits per heavy atom. The lowest BCUT2D eigenvalue weighted by Gasteiger charge is -2.32. The number of nitrogens with zero attached hydrogens (tertiary/aromatic N) is 1. The third kappa shape index (κ3) is 4.27. The van der Waals surface area contributed by atoms with Gasteiger partial charge >= 0.3 is 5.97 Å². The molecule has 0 spiro atoms. The molecule has 6 heteroatoms. The van der Waals surface area contributed by atoms with E-state index in [9.17, 15) is 13.2 Å². The van der Waals surface area contributed by atoms with Crippen molar-refractivity contribution in [3.05, 3.63) is 0 Å². The summed E-state index contributed by atoms with van der Waals surface area (Å²) >= 11 is 0. The van der Waals surface area contributed by atoms with E-state index in [-0.39, 0.29) is 17.7 Å². The van der Waals surface area contributed by atoms with E-state index in [4.69, 9.17) is 5.11 Å². The van der Waals surface area contributed by atoms with Gasteiger partial charge in [0.05, 0.1) is 11.7 Å². The molecule has 1 N–H and O–H groups in total. The third-order valence-corrected chi connectivity index (χ3v) is 5.09. The van der Waals surface area contributed by atoms with Gasteiger partial charge in [-0.3, -0.25) is 4.79 Å². The first-order valence-corrected chi connectivity index (χ1v) is 7.43. The number of rotatable bonds is 3. The van der Waals surface area contributed by atoms with Crippen LogP contribution < -0.4 is 0 Å². The molecule has 0 aromatic rings. The van der Waals surface area contributed by atoms with E-state index in [1.165, 1.54) is 4.31 Å². The maximum Gasteiger partial charge on any atom is 0.307 e. The van der Waals surface area contributed by atoms with Crippen molar-refractivity contribution in [3.63, 3.8) is 0 Å². The normalized spacial score (nSPS) is 23.6. The van der Waals surface area contributed by atoms with Gasteiger partial charge in [-0.25, -0.2) is 12.7 Å². The highest BCUT2D eigenvalue weighted by molar-refractivity contribution is 7.89. The fourth-order valence-corrected chi connectivity index (χ4v) is 4.13. The number of piperidine rings is 1. The topological polar surface area (TPSA) is 74.7 Å². The lowest BCUT2D eigenvalue weighted by atomic mass is 10.0. The summed E-state index contributed by atoms with van der Waals surface area (Å²) < 4.78 is 25.5. The van der Waals surface area contributed by atoms with Crippen LogP contribution in [-0.2, 0) is 14.8 Å². The molecular formula is C11H21NO4S. The molecule has 0 radical (unpaired) electrons. The SMILES string of the molecule is CC(C)(C)CS(=O)(=O)N1CCC[C@H](C(=O)O)C1. The van der Waals surface area contributed by atoms with Gasteiger partial charge in [0.15, 0.2) is 0 Å². The van der Waals surface area contributed by atoms with Gasteiger partial charge in [-0.05, 0) is 18.3 Å². The van der Waals surface area contributed by atoms with Gasteiger partial charge in [-0.2, -0.15) is 0 Å². The number of hydrogen-bond acceptors (Lipinski definition) is 3. The summed E-state index contributed by atoms with van der Waals surface area (Å²) in [6.45, 7) is 6.16. The van der Waals surface area contributed by atoms with Crippen molar-refractivity contribution >= 4 is 16.0 Å². The average molecular weight is 263 g/mol. The molecule has 100 valence electrons. The molecule has 0 aromatic heterocycles. The van der Waals surface area contributed by atoms with Crippen molar-refractivity contribution in [1.29, 1.82) is 0 Å². The summed E-state index contributed by atoms with van der Waals surface area (Å²) in [5.74, 6) is -1.40. The molecule has 0 saturated carbocycles. The molecule has 1 fully saturated rings. The van der Waals surface area contributed by atoms with Crippen LogP contribution in [0.1, 0.15) is 33.6 Å². The summed E-state index contributed by atoms with van der Waals surface area (Å²) in [4.78, 5) is 10.9. The largest absolute Gasteiger partial charge is 0.481 e. The zero-order valence-electron chi connectivity index (χ0n) is 10.6. The molecule has 1 aliphatic rings. The molecule has 0 amide bonds. The highest BCUT2D eigenvalue weighted by Gasteiger charge is 2.34. The number of hydrogen-bond donors (Lipinski definition) is 1. The van der Waals surface area contributed by atoms with Crippen LogP contribution in [0.25, 0.3) is 0 Å². The summed E-state index contributed by atoms with van der Waals surface area (Å²) in [6, 6.07) is 0.